The molecule has 6 heteroatoms. The molecular formula is C12H19N5O. The van der Waals surface area contributed by atoms with Gasteiger partial charge in [0.2, 0.25) is 0 Å². The maximum atomic E-state index is 11.3. The molecule has 0 bridgehead atoms. The van der Waals surface area contributed by atoms with Crippen molar-refractivity contribution in [1.29, 1.82) is 0 Å². The van der Waals surface area contributed by atoms with E-state index in [0.29, 0.717) is 17.7 Å². The molecule has 1 fully saturated rings. The third kappa shape index (κ3) is 2.76. The summed E-state index contributed by atoms with van der Waals surface area (Å²) in [5.74, 6) is 1.20. The van der Waals surface area contributed by atoms with Crippen molar-refractivity contribution in [1.82, 2.24) is 15.5 Å². The molecule has 0 saturated heterocycles. The van der Waals surface area contributed by atoms with Gasteiger partial charge in [-0.05, 0) is 30.9 Å². The van der Waals surface area contributed by atoms with Gasteiger partial charge in [-0.3, -0.25) is 4.79 Å². The molecule has 0 aliphatic heterocycles. The van der Waals surface area contributed by atoms with Gasteiger partial charge in [-0.25, -0.2) is 0 Å². The highest BCUT2D eigenvalue weighted by molar-refractivity contribution is 5.91. The van der Waals surface area contributed by atoms with E-state index in [0.717, 1.165) is 25.2 Å². The van der Waals surface area contributed by atoms with Crippen LogP contribution in [-0.4, -0.2) is 42.8 Å². The normalized spacial score (nSPS) is 22.2. The van der Waals surface area contributed by atoms with E-state index in [1.807, 2.05) is 13.1 Å². The Labute approximate surface area is 107 Å². The summed E-state index contributed by atoms with van der Waals surface area (Å²) in [6.45, 7) is 0.932. The number of amides is 1. The first-order valence-corrected chi connectivity index (χ1v) is 6.12. The molecule has 1 heterocycles. The lowest BCUT2D eigenvalue weighted by Gasteiger charge is -2.35. The number of nitrogens with two attached hydrogens (primary N) is 1. The fourth-order valence-electron chi connectivity index (χ4n) is 2.20. The number of rotatable bonds is 4. The molecule has 6 nitrogen and oxygen atoms in total. The van der Waals surface area contributed by atoms with Crippen molar-refractivity contribution in [3.05, 3.63) is 17.8 Å². The van der Waals surface area contributed by atoms with Gasteiger partial charge in [0.25, 0.3) is 5.91 Å². The summed E-state index contributed by atoms with van der Waals surface area (Å²) in [5, 5.41) is 10.5. The van der Waals surface area contributed by atoms with Gasteiger partial charge in [0.15, 0.2) is 11.5 Å². The molecule has 18 heavy (non-hydrogen) atoms. The summed E-state index contributed by atoms with van der Waals surface area (Å²) in [5.41, 5.74) is 6.09. The van der Waals surface area contributed by atoms with Crippen LogP contribution in [0, 0.1) is 5.92 Å². The Morgan fingerprint density at radius 2 is 2.22 bits per heavy atom. The SMILES string of the molecule is CNC(=O)c1ccc(N(C)CC2CC(N)C2)nn1. The molecule has 3 N–H and O–H groups in total. The first-order chi connectivity index (χ1) is 8.60. The average molecular weight is 249 g/mol. The number of hydrogen-bond donors (Lipinski definition) is 2. The summed E-state index contributed by atoms with van der Waals surface area (Å²) in [4.78, 5) is 13.4. The van der Waals surface area contributed by atoms with Gasteiger partial charge in [-0.2, -0.15) is 0 Å². The predicted octanol–water partition coefficient (Wildman–Crippen LogP) is 0.00970. The number of nitrogens with zero attached hydrogens (tertiary/aromatic N) is 3. The van der Waals surface area contributed by atoms with Crippen LogP contribution in [0.4, 0.5) is 5.82 Å². The van der Waals surface area contributed by atoms with Gasteiger partial charge in [0.1, 0.15) is 0 Å². The van der Waals surface area contributed by atoms with E-state index in [1.54, 1.807) is 13.1 Å². The van der Waals surface area contributed by atoms with Crippen molar-refractivity contribution in [2.75, 3.05) is 25.5 Å². The van der Waals surface area contributed by atoms with Gasteiger partial charge >= 0.3 is 0 Å². The van der Waals surface area contributed by atoms with Crippen LogP contribution in [0.2, 0.25) is 0 Å². The van der Waals surface area contributed by atoms with E-state index in [-0.39, 0.29) is 5.91 Å². The molecule has 1 amide bonds. The molecule has 0 radical (unpaired) electrons. The fraction of sp³-hybridized carbons (Fsp3) is 0.583. The van der Waals surface area contributed by atoms with Crippen LogP contribution in [0.15, 0.2) is 12.1 Å². The highest BCUT2D eigenvalue weighted by Crippen LogP contribution is 2.27. The highest BCUT2D eigenvalue weighted by Gasteiger charge is 2.27. The summed E-state index contributed by atoms with van der Waals surface area (Å²) >= 11 is 0. The second-order valence-corrected chi connectivity index (χ2v) is 4.83. The molecule has 0 spiro atoms. The number of anilines is 1. The minimum atomic E-state index is -0.221. The third-order valence-electron chi connectivity index (χ3n) is 3.31. The molecule has 2 rings (SSSR count). The maximum Gasteiger partial charge on any atom is 0.271 e. The van der Waals surface area contributed by atoms with Crippen molar-refractivity contribution >= 4 is 11.7 Å². The summed E-state index contributed by atoms with van der Waals surface area (Å²) in [6.07, 6.45) is 2.15. The molecule has 1 saturated carbocycles. The number of nitrogens with one attached hydrogen (secondary N) is 1. The Morgan fingerprint density at radius 1 is 1.50 bits per heavy atom. The van der Waals surface area contributed by atoms with Crippen molar-refractivity contribution in [3.63, 3.8) is 0 Å². The van der Waals surface area contributed by atoms with E-state index in [2.05, 4.69) is 20.4 Å². The average Bonchev–Trinajstić information content (AvgIpc) is 2.36. The Morgan fingerprint density at radius 3 is 2.72 bits per heavy atom. The van der Waals surface area contributed by atoms with E-state index < -0.39 is 0 Å². The van der Waals surface area contributed by atoms with E-state index in [4.69, 9.17) is 5.73 Å². The topological polar surface area (TPSA) is 84.1 Å². The lowest BCUT2D eigenvalue weighted by molar-refractivity contribution is 0.0957. The third-order valence-corrected chi connectivity index (χ3v) is 3.31. The fourth-order valence-corrected chi connectivity index (χ4v) is 2.20. The van der Waals surface area contributed by atoms with Crippen molar-refractivity contribution in [2.45, 2.75) is 18.9 Å². The van der Waals surface area contributed by atoms with Gasteiger partial charge < -0.3 is 16.0 Å². The molecule has 0 atom stereocenters. The lowest BCUT2D eigenvalue weighted by Crippen LogP contribution is -2.42. The first-order valence-electron chi connectivity index (χ1n) is 6.12. The number of carbonyl (C=O) groups excluding carboxylic acids is 1. The van der Waals surface area contributed by atoms with Crippen LogP contribution in [0.5, 0.6) is 0 Å². The van der Waals surface area contributed by atoms with E-state index in [1.165, 1.54) is 0 Å². The first kappa shape index (κ1) is 12.8. The van der Waals surface area contributed by atoms with Gasteiger partial charge in [0.05, 0.1) is 0 Å². The van der Waals surface area contributed by atoms with E-state index in [9.17, 15) is 4.79 Å². The number of aromatic nitrogens is 2. The summed E-state index contributed by atoms with van der Waals surface area (Å²) in [7, 11) is 3.55. The Bertz CT molecular complexity index is 413. The van der Waals surface area contributed by atoms with Crippen molar-refractivity contribution in [2.24, 2.45) is 11.7 Å². The Balaban J connectivity index is 1.94. The minimum Gasteiger partial charge on any atom is -0.358 e. The van der Waals surface area contributed by atoms with Crippen LogP contribution in [0.3, 0.4) is 0 Å². The highest BCUT2D eigenvalue weighted by atomic mass is 16.1. The van der Waals surface area contributed by atoms with Gasteiger partial charge in [0, 0.05) is 26.7 Å². The van der Waals surface area contributed by atoms with Crippen molar-refractivity contribution in [3.8, 4) is 0 Å². The molecule has 1 aliphatic rings. The second kappa shape index (κ2) is 5.30. The molecule has 1 aliphatic carbocycles. The second-order valence-electron chi connectivity index (χ2n) is 4.83. The van der Waals surface area contributed by atoms with Crippen LogP contribution >= 0.6 is 0 Å². The van der Waals surface area contributed by atoms with Crippen molar-refractivity contribution < 1.29 is 4.79 Å². The van der Waals surface area contributed by atoms with Gasteiger partial charge in [-0.1, -0.05) is 0 Å². The molecule has 1 aromatic heterocycles. The standard InChI is InChI=1S/C12H19N5O/c1-14-12(18)10-3-4-11(16-15-10)17(2)7-8-5-9(13)6-8/h3-4,8-9H,5-7,13H2,1-2H3,(H,14,18). The lowest BCUT2D eigenvalue weighted by atomic mass is 9.81. The van der Waals surface area contributed by atoms with Crippen LogP contribution in [0.1, 0.15) is 23.3 Å². The molecule has 1 aromatic rings. The smallest absolute Gasteiger partial charge is 0.271 e. The predicted molar refractivity (Wildman–Crippen MR) is 69.4 cm³/mol. The Hall–Kier alpha value is -1.69. The maximum absolute atomic E-state index is 11.3. The zero-order chi connectivity index (χ0) is 13.1. The van der Waals surface area contributed by atoms with Gasteiger partial charge in [-0.15, -0.1) is 10.2 Å². The molecule has 98 valence electrons. The largest absolute Gasteiger partial charge is 0.358 e. The number of carbonyl (C=O) groups is 1. The molecular weight excluding hydrogens is 230 g/mol. The number of hydrogen-bond acceptors (Lipinski definition) is 5. The van der Waals surface area contributed by atoms with Crippen LogP contribution in [-0.2, 0) is 0 Å². The summed E-state index contributed by atoms with van der Waals surface area (Å²) in [6, 6.07) is 3.87. The zero-order valence-corrected chi connectivity index (χ0v) is 10.8. The minimum absolute atomic E-state index is 0.221. The van der Waals surface area contributed by atoms with E-state index >= 15 is 0 Å². The monoisotopic (exact) mass is 249 g/mol. The quantitative estimate of drug-likeness (QED) is 0.785. The zero-order valence-electron chi connectivity index (χ0n) is 10.8. The van der Waals surface area contributed by atoms with Crippen LogP contribution in [0.25, 0.3) is 0 Å². The Kier molecular flexibility index (Phi) is 3.76. The van der Waals surface area contributed by atoms with Crippen LogP contribution < -0.4 is 16.0 Å². The molecule has 0 aromatic carbocycles. The summed E-state index contributed by atoms with van der Waals surface area (Å²) < 4.78 is 0. The molecule has 0 unspecified atom stereocenters.